The van der Waals surface area contributed by atoms with Crippen LogP contribution in [0.1, 0.15) is 103 Å². The van der Waals surface area contributed by atoms with Crippen LogP contribution in [0.4, 0.5) is 0 Å². The van der Waals surface area contributed by atoms with Gasteiger partial charge in [0.15, 0.2) is 11.6 Å². The molecule has 60 heavy (non-hydrogen) atoms. The van der Waals surface area contributed by atoms with E-state index < -0.39 is 42.5 Å². The maximum absolute atomic E-state index is 13.3. The zero-order valence-corrected chi connectivity index (χ0v) is 38.2. The number of carboxylic acids is 1. The Bertz CT molecular complexity index is 2170. The van der Waals surface area contributed by atoms with Gasteiger partial charge in [0, 0.05) is 27.2 Å². The molecule has 0 heterocycles. The Morgan fingerprint density at radius 2 is 0.950 bits per heavy atom. The first-order chi connectivity index (χ1) is 28.3. The summed E-state index contributed by atoms with van der Waals surface area (Å²) in [5.74, 6) is 1.81. The van der Waals surface area contributed by atoms with Gasteiger partial charge in [-0.05, 0) is 193 Å². The van der Waals surface area contributed by atoms with Crippen LogP contribution in [0.2, 0.25) is 0 Å². The lowest BCUT2D eigenvalue weighted by Crippen LogP contribution is -2.56. The number of carbonyl (C=O) groups is 4. The summed E-state index contributed by atoms with van der Waals surface area (Å²) in [4.78, 5) is 50.9. The minimum absolute atomic E-state index is 0.00345. The number of nitrogens with two attached hydrogens (primary N) is 1. The molecule has 5 N–H and O–H groups in total. The summed E-state index contributed by atoms with van der Waals surface area (Å²) < 4.78 is 58.0. The number of hydrogen-bond donors (Lipinski definition) is 4. The zero-order chi connectivity index (χ0) is 42.6. The van der Waals surface area contributed by atoms with Gasteiger partial charge in [0.2, 0.25) is 26.0 Å². The highest BCUT2D eigenvalue weighted by molar-refractivity contribution is 9.10. The van der Waals surface area contributed by atoms with Crippen LogP contribution < -0.4 is 15.2 Å². The number of rotatable bonds is 14. The van der Waals surface area contributed by atoms with Gasteiger partial charge in [-0.2, -0.15) is 9.44 Å². The van der Waals surface area contributed by atoms with Crippen LogP contribution in [-0.4, -0.2) is 56.5 Å². The fourth-order valence-electron chi connectivity index (χ4n) is 13.4. The van der Waals surface area contributed by atoms with Crippen molar-refractivity contribution in [2.75, 3.05) is 0 Å². The van der Waals surface area contributed by atoms with Gasteiger partial charge in [-0.3, -0.25) is 19.2 Å². The van der Waals surface area contributed by atoms with E-state index in [0.29, 0.717) is 84.0 Å². The molecule has 10 fully saturated rings. The highest BCUT2D eigenvalue weighted by Crippen LogP contribution is 2.65. The number of sulfonamides is 2. The Balaban J connectivity index is 0.000000154. The van der Waals surface area contributed by atoms with E-state index in [1.54, 1.807) is 36.4 Å². The topological polar surface area (TPSA) is 207 Å². The predicted molar refractivity (Wildman–Crippen MR) is 228 cm³/mol. The molecule has 10 aliphatic rings. The van der Waals surface area contributed by atoms with Gasteiger partial charge >= 0.3 is 5.97 Å². The second-order valence-electron chi connectivity index (χ2n) is 20.0. The molecular weight excluding hydrogens is 938 g/mol. The number of nitrogens with one attached hydrogen (secondary N) is 2. The number of halogens is 2. The Hall–Kier alpha value is -2.50. The van der Waals surface area contributed by atoms with Crippen LogP contribution >= 0.6 is 31.9 Å². The van der Waals surface area contributed by atoms with E-state index in [4.69, 9.17) is 5.73 Å². The molecule has 0 spiro atoms. The van der Waals surface area contributed by atoms with Gasteiger partial charge in [-0.25, -0.2) is 16.8 Å². The summed E-state index contributed by atoms with van der Waals surface area (Å²) in [7, 11) is -7.60. The molecule has 0 aliphatic heterocycles. The van der Waals surface area contributed by atoms with Gasteiger partial charge in [0.25, 0.3) is 0 Å². The first kappa shape index (κ1) is 42.8. The van der Waals surface area contributed by atoms with Gasteiger partial charge in [0.05, 0.1) is 26.3 Å². The fraction of sp³-hybridized carbons (Fsp3) is 0.636. The van der Waals surface area contributed by atoms with Crippen LogP contribution in [0.25, 0.3) is 0 Å². The van der Waals surface area contributed by atoms with Crippen LogP contribution in [0.3, 0.4) is 0 Å². The van der Waals surface area contributed by atoms with E-state index in [-0.39, 0.29) is 56.4 Å². The third-order valence-electron chi connectivity index (χ3n) is 16.2. The molecule has 324 valence electrons. The first-order valence-corrected chi connectivity index (χ1v) is 26.0. The van der Waals surface area contributed by atoms with E-state index in [9.17, 15) is 41.1 Å². The number of carboxylic acid groups (broad SMARTS) is 1. The standard InChI is InChI=1S/C22H27BrN2O4S.C22H26BrNO5S/c23-17-3-1-2-4-18(17)30(28,29)25-22(5-6-22)19(26)9-16-14-7-13-8-15(16)12-21(10-13,11-14)20(24)27;23-17-3-1-2-4-18(17)30(28,29)24-22(5-6-22)19(25)9-16-14-7-13-8-15(16)12-21(10-13,11-14)20(26)27/h1-4,13-16,25H,5-12H2,(H2,24,27);1-4,13-16,24H,5-12H2,(H,26,27). The summed E-state index contributed by atoms with van der Waals surface area (Å²) in [6.07, 6.45) is 11.7. The first-order valence-electron chi connectivity index (χ1n) is 21.5. The molecule has 8 bridgehead atoms. The molecule has 1 amide bonds. The Kier molecular flexibility index (Phi) is 10.7. The molecule has 10 saturated carbocycles. The van der Waals surface area contributed by atoms with Crippen LogP contribution in [0, 0.1) is 58.2 Å². The van der Waals surface area contributed by atoms with Crippen molar-refractivity contribution in [1.82, 2.24) is 9.44 Å². The van der Waals surface area contributed by atoms with Crippen LogP contribution in [0.5, 0.6) is 0 Å². The number of benzene rings is 2. The summed E-state index contributed by atoms with van der Waals surface area (Å²) in [5, 5.41) is 9.80. The van der Waals surface area contributed by atoms with Crippen LogP contribution in [-0.2, 0) is 39.2 Å². The predicted octanol–water partition coefficient (Wildman–Crippen LogP) is 6.89. The van der Waals surface area contributed by atoms with E-state index in [0.717, 1.165) is 51.4 Å². The maximum Gasteiger partial charge on any atom is 0.309 e. The Morgan fingerprint density at radius 1 is 0.600 bits per heavy atom. The summed E-state index contributed by atoms with van der Waals surface area (Å²) in [6, 6.07) is 13.2. The molecule has 12 nitrogen and oxygen atoms in total. The second kappa shape index (κ2) is 15.1. The van der Waals surface area contributed by atoms with Crippen molar-refractivity contribution in [2.45, 2.75) is 124 Å². The lowest BCUT2D eigenvalue weighted by molar-refractivity contribution is -0.171. The molecule has 2 aromatic rings. The molecular formula is C44H53Br2N3O9S2. The number of aliphatic carboxylic acids is 1. The largest absolute Gasteiger partial charge is 0.481 e. The lowest BCUT2D eigenvalue weighted by atomic mass is 9.45. The molecule has 0 aromatic heterocycles. The molecule has 12 rings (SSSR count). The number of ketones is 2. The second-order valence-corrected chi connectivity index (χ2v) is 25.0. The fourth-order valence-corrected chi connectivity index (χ4v) is 18.3. The molecule has 10 aliphatic carbocycles. The Labute approximate surface area is 368 Å². The lowest BCUT2D eigenvalue weighted by Gasteiger charge is -2.59. The van der Waals surface area contributed by atoms with Crippen molar-refractivity contribution < 1.29 is 41.1 Å². The average molecular weight is 992 g/mol. The average Bonchev–Trinajstić information content (AvgIpc) is 4.12. The highest BCUT2D eigenvalue weighted by atomic mass is 79.9. The van der Waals surface area contributed by atoms with Crippen molar-refractivity contribution in [3.8, 4) is 0 Å². The zero-order valence-electron chi connectivity index (χ0n) is 33.4. The smallest absolute Gasteiger partial charge is 0.309 e. The third kappa shape index (κ3) is 7.58. The van der Waals surface area contributed by atoms with Gasteiger partial charge in [-0.1, -0.05) is 24.3 Å². The Morgan fingerprint density at radius 3 is 1.28 bits per heavy atom. The maximum atomic E-state index is 13.3. The monoisotopic (exact) mass is 989 g/mol. The third-order valence-corrected chi connectivity index (χ3v) is 21.3. The molecule has 4 unspecified atom stereocenters. The van der Waals surface area contributed by atoms with E-state index in [2.05, 4.69) is 41.3 Å². The summed E-state index contributed by atoms with van der Waals surface area (Å²) in [5.41, 5.74) is 2.85. The van der Waals surface area contributed by atoms with E-state index in [1.165, 1.54) is 12.1 Å². The van der Waals surface area contributed by atoms with Crippen molar-refractivity contribution in [3.05, 3.63) is 57.5 Å². The molecule has 0 radical (unpaired) electrons. The normalized spacial score (nSPS) is 35.9. The minimum Gasteiger partial charge on any atom is -0.481 e. The number of Topliss-reactive ketones (excluding diaryl/α,β-unsaturated/α-hetero) is 2. The highest BCUT2D eigenvalue weighted by Gasteiger charge is 2.62. The number of primary amides is 1. The molecule has 0 saturated heterocycles. The number of amides is 1. The van der Waals surface area contributed by atoms with Gasteiger partial charge in [0.1, 0.15) is 0 Å². The van der Waals surface area contributed by atoms with Crippen molar-refractivity contribution in [3.63, 3.8) is 0 Å². The summed E-state index contributed by atoms with van der Waals surface area (Å²) in [6.45, 7) is 0. The SMILES string of the molecule is NC(=O)C12CC3CC(C1)C(CC(=O)C1(NS(=O)(=O)c4ccccc4Br)CC1)C(C3)C2.O=C(O)C12CC3CC(C1)C(CC(=O)C1(NS(=O)(=O)c4ccccc4Br)CC1)C(C3)C2. The van der Waals surface area contributed by atoms with Gasteiger partial charge < -0.3 is 10.8 Å². The van der Waals surface area contributed by atoms with Crippen molar-refractivity contribution in [2.24, 2.45) is 63.9 Å². The van der Waals surface area contributed by atoms with E-state index >= 15 is 0 Å². The number of carbonyl (C=O) groups excluding carboxylic acids is 3. The van der Waals surface area contributed by atoms with Gasteiger partial charge in [-0.15, -0.1) is 0 Å². The molecule has 4 atom stereocenters. The van der Waals surface area contributed by atoms with Crippen LogP contribution in [0.15, 0.2) is 67.3 Å². The van der Waals surface area contributed by atoms with Crippen molar-refractivity contribution in [1.29, 1.82) is 0 Å². The quantitative estimate of drug-likeness (QED) is 0.155. The van der Waals surface area contributed by atoms with E-state index in [1.807, 2.05) is 0 Å². The minimum atomic E-state index is -3.81. The summed E-state index contributed by atoms with van der Waals surface area (Å²) >= 11 is 6.58. The number of hydrogen-bond acceptors (Lipinski definition) is 8. The van der Waals surface area contributed by atoms with Crippen molar-refractivity contribution >= 4 is 75.3 Å². The molecule has 16 heteroatoms. The molecule has 2 aromatic carbocycles.